The average Bonchev–Trinajstić information content (AvgIpc) is 2.82. The SMILES string of the molecule is CC(N)C(OCC1CCCC1)c1cccc(Br)c1. The molecular formula is C15H22BrNO. The summed E-state index contributed by atoms with van der Waals surface area (Å²) in [4.78, 5) is 0. The zero-order chi connectivity index (χ0) is 13.0. The molecule has 0 amide bonds. The molecule has 2 N–H and O–H groups in total. The van der Waals surface area contributed by atoms with Crippen LogP contribution in [0.3, 0.4) is 0 Å². The van der Waals surface area contributed by atoms with Crippen molar-refractivity contribution < 1.29 is 4.74 Å². The van der Waals surface area contributed by atoms with E-state index >= 15 is 0 Å². The van der Waals surface area contributed by atoms with Gasteiger partial charge in [0.2, 0.25) is 0 Å². The molecule has 2 unspecified atom stereocenters. The summed E-state index contributed by atoms with van der Waals surface area (Å²) in [6, 6.07) is 8.27. The molecular weight excluding hydrogens is 290 g/mol. The molecule has 2 nitrogen and oxygen atoms in total. The number of hydrogen-bond donors (Lipinski definition) is 1. The van der Waals surface area contributed by atoms with Crippen LogP contribution in [-0.2, 0) is 4.74 Å². The first-order chi connectivity index (χ1) is 8.66. The van der Waals surface area contributed by atoms with E-state index in [1.807, 2.05) is 19.1 Å². The van der Waals surface area contributed by atoms with Gasteiger partial charge in [0.15, 0.2) is 0 Å². The summed E-state index contributed by atoms with van der Waals surface area (Å²) in [5.41, 5.74) is 7.23. The Balaban J connectivity index is 1.99. The molecule has 0 aromatic heterocycles. The van der Waals surface area contributed by atoms with Gasteiger partial charge in [-0.3, -0.25) is 0 Å². The fourth-order valence-corrected chi connectivity index (χ4v) is 3.07. The molecule has 1 aliphatic rings. The van der Waals surface area contributed by atoms with Crippen molar-refractivity contribution >= 4 is 15.9 Å². The van der Waals surface area contributed by atoms with Gasteiger partial charge in [-0.25, -0.2) is 0 Å². The van der Waals surface area contributed by atoms with Crippen LogP contribution in [0, 0.1) is 5.92 Å². The molecule has 2 atom stereocenters. The second-order valence-corrected chi connectivity index (χ2v) is 6.23. The Kier molecular flexibility index (Phi) is 5.22. The molecule has 100 valence electrons. The van der Waals surface area contributed by atoms with Crippen molar-refractivity contribution in [1.82, 2.24) is 0 Å². The van der Waals surface area contributed by atoms with Crippen LogP contribution in [0.2, 0.25) is 0 Å². The zero-order valence-electron chi connectivity index (χ0n) is 10.9. The first-order valence-corrected chi connectivity index (χ1v) is 7.59. The van der Waals surface area contributed by atoms with E-state index in [0.717, 1.165) is 22.6 Å². The highest BCUT2D eigenvalue weighted by molar-refractivity contribution is 9.10. The van der Waals surface area contributed by atoms with Gasteiger partial charge in [-0.05, 0) is 43.4 Å². The Morgan fingerprint density at radius 1 is 1.39 bits per heavy atom. The van der Waals surface area contributed by atoms with Gasteiger partial charge in [0.1, 0.15) is 0 Å². The van der Waals surface area contributed by atoms with Crippen molar-refractivity contribution in [2.75, 3.05) is 6.61 Å². The predicted molar refractivity (Wildman–Crippen MR) is 78.4 cm³/mol. The molecule has 3 heteroatoms. The summed E-state index contributed by atoms with van der Waals surface area (Å²) in [6.07, 6.45) is 5.33. The maximum atomic E-state index is 6.08. The van der Waals surface area contributed by atoms with Crippen LogP contribution in [0.4, 0.5) is 0 Å². The topological polar surface area (TPSA) is 35.2 Å². The molecule has 2 rings (SSSR count). The third-order valence-electron chi connectivity index (χ3n) is 3.64. The number of hydrogen-bond acceptors (Lipinski definition) is 2. The molecule has 1 fully saturated rings. The number of nitrogens with two attached hydrogens (primary N) is 1. The highest BCUT2D eigenvalue weighted by Gasteiger charge is 2.21. The van der Waals surface area contributed by atoms with Crippen molar-refractivity contribution in [3.05, 3.63) is 34.3 Å². The summed E-state index contributed by atoms with van der Waals surface area (Å²) in [6.45, 7) is 2.86. The third kappa shape index (κ3) is 3.81. The lowest BCUT2D eigenvalue weighted by Gasteiger charge is -2.24. The van der Waals surface area contributed by atoms with Gasteiger partial charge in [-0.2, -0.15) is 0 Å². The molecule has 0 spiro atoms. The number of ether oxygens (including phenoxy) is 1. The van der Waals surface area contributed by atoms with Gasteiger partial charge in [0.05, 0.1) is 12.7 Å². The lowest BCUT2D eigenvalue weighted by molar-refractivity contribution is 0.0168. The van der Waals surface area contributed by atoms with Gasteiger partial charge in [-0.1, -0.05) is 40.9 Å². The molecule has 1 aromatic carbocycles. The minimum absolute atomic E-state index is 0.00287. The molecule has 0 radical (unpaired) electrons. The average molecular weight is 312 g/mol. The number of rotatable bonds is 5. The monoisotopic (exact) mass is 311 g/mol. The lowest BCUT2D eigenvalue weighted by atomic mass is 10.0. The maximum absolute atomic E-state index is 6.08. The van der Waals surface area contributed by atoms with Crippen molar-refractivity contribution in [3.63, 3.8) is 0 Å². The fraction of sp³-hybridized carbons (Fsp3) is 0.600. The lowest BCUT2D eigenvalue weighted by Crippen LogP contribution is -2.28. The quantitative estimate of drug-likeness (QED) is 0.890. The van der Waals surface area contributed by atoms with Gasteiger partial charge in [-0.15, -0.1) is 0 Å². The van der Waals surface area contributed by atoms with Crippen molar-refractivity contribution in [2.45, 2.75) is 44.8 Å². The van der Waals surface area contributed by atoms with E-state index in [9.17, 15) is 0 Å². The van der Waals surface area contributed by atoms with Crippen LogP contribution in [0.1, 0.15) is 44.3 Å². The van der Waals surface area contributed by atoms with Gasteiger partial charge in [0, 0.05) is 10.5 Å². The van der Waals surface area contributed by atoms with Crippen molar-refractivity contribution in [3.8, 4) is 0 Å². The minimum atomic E-state index is 0.00287. The van der Waals surface area contributed by atoms with Crippen LogP contribution in [0.15, 0.2) is 28.7 Å². The standard InChI is InChI=1S/C15H22BrNO/c1-11(17)15(13-7-4-8-14(16)9-13)18-10-12-5-2-3-6-12/h4,7-9,11-12,15H,2-3,5-6,10,17H2,1H3. The molecule has 1 saturated carbocycles. The Morgan fingerprint density at radius 2 is 2.11 bits per heavy atom. The Hall–Kier alpha value is -0.380. The van der Waals surface area contributed by atoms with Gasteiger partial charge >= 0.3 is 0 Å². The van der Waals surface area contributed by atoms with Gasteiger partial charge < -0.3 is 10.5 Å². The predicted octanol–water partition coefficient (Wildman–Crippen LogP) is 4.04. The fourth-order valence-electron chi connectivity index (χ4n) is 2.65. The van der Waals surface area contributed by atoms with E-state index in [4.69, 9.17) is 10.5 Å². The molecule has 0 heterocycles. The van der Waals surface area contributed by atoms with E-state index in [-0.39, 0.29) is 12.1 Å². The summed E-state index contributed by atoms with van der Waals surface area (Å²) in [7, 11) is 0. The van der Waals surface area contributed by atoms with Crippen molar-refractivity contribution in [1.29, 1.82) is 0 Å². The number of halogens is 1. The maximum Gasteiger partial charge on any atom is 0.0973 e. The molecule has 0 bridgehead atoms. The van der Waals surface area contributed by atoms with Crippen LogP contribution in [-0.4, -0.2) is 12.6 Å². The molecule has 0 saturated heterocycles. The van der Waals surface area contributed by atoms with Crippen LogP contribution < -0.4 is 5.73 Å². The van der Waals surface area contributed by atoms with Gasteiger partial charge in [0.25, 0.3) is 0 Å². The molecule has 0 aliphatic heterocycles. The number of benzene rings is 1. The van der Waals surface area contributed by atoms with E-state index in [1.54, 1.807) is 0 Å². The minimum Gasteiger partial charge on any atom is -0.372 e. The first kappa shape index (κ1) is 14.0. The highest BCUT2D eigenvalue weighted by atomic mass is 79.9. The normalized spacial score (nSPS) is 19.9. The summed E-state index contributed by atoms with van der Waals surface area (Å²) < 4.78 is 7.16. The van der Waals surface area contributed by atoms with Crippen LogP contribution in [0.5, 0.6) is 0 Å². The largest absolute Gasteiger partial charge is 0.372 e. The van der Waals surface area contributed by atoms with Crippen LogP contribution in [0.25, 0.3) is 0 Å². The molecule has 1 aliphatic carbocycles. The summed E-state index contributed by atoms with van der Waals surface area (Å²) in [5.74, 6) is 0.735. The smallest absolute Gasteiger partial charge is 0.0973 e. The second kappa shape index (κ2) is 6.69. The Labute approximate surface area is 118 Å². The van der Waals surface area contributed by atoms with E-state index in [2.05, 4.69) is 28.1 Å². The molecule has 18 heavy (non-hydrogen) atoms. The Morgan fingerprint density at radius 3 is 2.72 bits per heavy atom. The Bertz CT molecular complexity index is 375. The molecule has 1 aromatic rings. The summed E-state index contributed by atoms with van der Waals surface area (Å²) >= 11 is 3.50. The van der Waals surface area contributed by atoms with Crippen molar-refractivity contribution in [2.24, 2.45) is 11.7 Å². The summed E-state index contributed by atoms with van der Waals surface area (Å²) in [5, 5.41) is 0. The van der Waals surface area contributed by atoms with E-state index in [1.165, 1.54) is 25.7 Å². The van der Waals surface area contributed by atoms with E-state index in [0.29, 0.717) is 0 Å². The zero-order valence-corrected chi connectivity index (χ0v) is 12.5. The highest BCUT2D eigenvalue weighted by Crippen LogP contribution is 2.29. The third-order valence-corrected chi connectivity index (χ3v) is 4.13. The second-order valence-electron chi connectivity index (χ2n) is 5.32. The van der Waals surface area contributed by atoms with E-state index < -0.39 is 0 Å². The van der Waals surface area contributed by atoms with Crippen LogP contribution >= 0.6 is 15.9 Å². The first-order valence-electron chi connectivity index (χ1n) is 6.79.